The summed E-state index contributed by atoms with van der Waals surface area (Å²) < 4.78 is 5.12. The van der Waals surface area contributed by atoms with Crippen LogP contribution >= 0.6 is 11.6 Å². The first kappa shape index (κ1) is 17.5. The molecule has 0 saturated heterocycles. The highest BCUT2D eigenvalue weighted by Gasteiger charge is 2.30. The van der Waals surface area contributed by atoms with Gasteiger partial charge in [-0.3, -0.25) is 4.79 Å². The Hall–Kier alpha value is -1.88. The molecule has 0 aliphatic heterocycles. The van der Waals surface area contributed by atoms with E-state index in [2.05, 4.69) is 0 Å². The zero-order valence-corrected chi connectivity index (χ0v) is 13.4. The molecule has 0 heterocycles. The minimum Gasteiger partial charge on any atom is -0.460 e. The maximum absolute atomic E-state index is 11.9. The van der Waals surface area contributed by atoms with Crippen LogP contribution in [0.3, 0.4) is 0 Å². The summed E-state index contributed by atoms with van der Waals surface area (Å²) in [7, 11) is 0. The van der Waals surface area contributed by atoms with Gasteiger partial charge in [-0.1, -0.05) is 60.7 Å². The monoisotopic (exact) mass is 333 g/mol. The van der Waals surface area contributed by atoms with E-state index in [0.717, 1.165) is 11.1 Å². The molecule has 5 heteroatoms. The number of carbonyl (C=O) groups is 1. The van der Waals surface area contributed by atoms with Crippen molar-refractivity contribution in [3.05, 3.63) is 71.8 Å². The van der Waals surface area contributed by atoms with Crippen LogP contribution in [0.2, 0.25) is 0 Å². The molecule has 4 nitrogen and oxygen atoms in total. The zero-order chi connectivity index (χ0) is 16.7. The minimum absolute atomic E-state index is 0.115. The largest absolute Gasteiger partial charge is 0.460 e. The Morgan fingerprint density at radius 1 is 1.04 bits per heavy atom. The van der Waals surface area contributed by atoms with Gasteiger partial charge in [0.25, 0.3) is 0 Å². The number of alkyl halides is 1. The fourth-order valence-electron chi connectivity index (χ4n) is 2.17. The van der Waals surface area contributed by atoms with Crippen LogP contribution in [0.1, 0.15) is 11.1 Å². The third-order valence-corrected chi connectivity index (χ3v) is 3.94. The highest BCUT2D eigenvalue weighted by molar-refractivity contribution is 6.30. The van der Waals surface area contributed by atoms with Gasteiger partial charge in [0.05, 0.1) is 6.10 Å². The SMILES string of the molecule is N[C@@H](Cc1ccccc1)[C@H](O)C(Cl)C(=O)OCc1ccccc1. The van der Waals surface area contributed by atoms with Crippen molar-refractivity contribution in [1.29, 1.82) is 0 Å². The number of benzene rings is 2. The molecule has 0 fully saturated rings. The van der Waals surface area contributed by atoms with E-state index in [1.165, 1.54) is 0 Å². The van der Waals surface area contributed by atoms with Gasteiger partial charge in [0.15, 0.2) is 5.38 Å². The second-order valence-corrected chi connectivity index (χ2v) is 5.81. The summed E-state index contributed by atoms with van der Waals surface area (Å²) in [5.41, 5.74) is 7.78. The lowest BCUT2D eigenvalue weighted by atomic mass is 10.00. The molecule has 2 rings (SSSR count). The zero-order valence-electron chi connectivity index (χ0n) is 12.6. The number of hydrogen-bond acceptors (Lipinski definition) is 4. The van der Waals surface area contributed by atoms with Crippen molar-refractivity contribution < 1.29 is 14.6 Å². The highest BCUT2D eigenvalue weighted by Crippen LogP contribution is 2.13. The molecule has 0 aliphatic carbocycles. The van der Waals surface area contributed by atoms with E-state index in [4.69, 9.17) is 22.1 Å². The summed E-state index contributed by atoms with van der Waals surface area (Å²) in [6.45, 7) is 0.115. The second-order valence-electron chi connectivity index (χ2n) is 5.34. The molecule has 1 unspecified atom stereocenters. The van der Waals surface area contributed by atoms with Crippen molar-refractivity contribution in [1.82, 2.24) is 0 Å². The molecule has 3 atom stereocenters. The fraction of sp³-hybridized carbons (Fsp3) is 0.278. The van der Waals surface area contributed by atoms with Crippen LogP contribution in [-0.4, -0.2) is 28.6 Å². The lowest BCUT2D eigenvalue weighted by Gasteiger charge is -2.22. The number of rotatable bonds is 7. The fourth-order valence-corrected chi connectivity index (χ4v) is 2.42. The molecular weight excluding hydrogens is 314 g/mol. The van der Waals surface area contributed by atoms with Gasteiger partial charge in [0.2, 0.25) is 0 Å². The minimum atomic E-state index is -1.20. The van der Waals surface area contributed by atoms with Crippen molar-refractivity contribution in [3.8, 4) is 0 Å². The number of nitrogens with two attached hydrogens (primary N) is 1. The van der Waals surface area contributed by atoms with Crippen LogP contribution in [0.15, 0.2) is 60.7 Å². The second kappa shape index (κ2) is 8.67. The van der Waals surface area contributed by atoms with Gasteiger partial charge in [0.1, 0.15) is 6.61 Å². The maximum atomic E-state index is 11.9. The average Bonchev–Trinajstić information content (AvgIpc) is 2.60. The summed E-state index contributed by atoms with van der Waals surface area (Å²) in [6.07, 6.45) is -0.753. The Morgan fingerprint density at radius 3 is 2.13 bits per heavy atom. The summed E-state index contributed by atoms with van der Waals surface area (Å²) in [6, 6.07) is 18.1. The van der Waals surface area contributed by atoms with Gasteiger partial charge < -0.3 is 15.6 Å². The summed E-state index contributed by atoms with van der Waals surface area (Å²) in [5.74, 6) is -0.675. The summed E-state index contributed by atoms with van der Waals surface area (Å²) in [4.78, 5) is 11.9. The van der Waals surface area contributed by atoms with E-state index in [-0.39, 0.29) is 6.61 Å². The predicted octanol–water partition coefficient (Wildman–Crippen LogP) is 2.27. The number of aliphatic hydroxyl groups is 1. The first-order valence-corrected chi connectivity index (χ1v) is 7.84. The first-order valence-electron chi connectivity index (χ1n) is 7.40. The van der Waals surface area contributed by atoms with Crippen molar-refractivity contribution >= 4 is 17.6 Å². The Kier molecular flexibility index (Phi) is 6.59. The lowest BCUT2D eigenvalue weighted by Crippen LogP contribution is -2.45. The molecule has 122 valence electrons. The predicted molar refractivity (Wildman–Crippen MR) is 90.0 cm³/mol. The average molecular weight is 334 g/mol. The summed E-state index contributed by atoms with van der Waals surface area (Å²) in [5, 5.41) is 8.96. The van der Waals surface area contributed by atoms with Gasteiger partial charge in [0, 0.05) is 6.04 Å². The normalized spacial score (nSPS) is 14.7. The number of carbonyl (C=O) groups excluding carboxylic acids is 1. The number of esters is 1. The number of ether oxygens (including phenoxy) is 1. The number of hydrogen-bond donors (Lipinski definition) is 2. The van der Waals surface area contributed by atoms with E-state index >= 15 is 0 Å². The summed E-state index contributed by atoms with van der Waals surface area (Å²) >= 11 is 6.00. The number of aliphatic hydroxyl groups excluding tert-OH is 1. The molecule has 2 aromatic rings. The van der Waals surface area contributed by atoms with Crippen LogP contribution in [-0.2, 0) is 22.6 Å². The van der Waals surface area contributed by atoms with Gasteiger partial charge in [-0.25, -0.2) is 0 Å². The molecule has 0 amide bonds. The molecule has 2 aromatic carbocycles. The van der Waals surface area contributed by atoms with Gasteiger partial charge in [-0.2, -0.15) is 0 Å². The topological polar surface area (TPSA) is 72.5 Å². The third-order valence-electron chi connectivity index (χ3n) is 3.50. The van der Waals surface area contributed by atoms with Gasteiger partial charge in [-0.05, 0) is 17.5 Å². The molecule has 0 spiro atoms. The van der Waals surface area contributed by atoms with Crippen LogP contribution in [0, 0.1) is 0 Å². The van der Waals surface area contributed by atoms with Crippen molar-refractivity contribution in [2.24, 2.45) is 5.73 Å². The van der Waals surface area contributed by atoms with Crippen LogP contribution in [0.4, 0.5) is 0 Å². The third kappa shape index (κ3) is 5.36. The molecule has 0 saturated carbocycles. The molecule has 0 bridgehead atoms. The van der Waals surface area contributed by atoms with Crippen molar-refractivity contribution in [2.45, 2.75) is 30.6 Å². The molecular formula is C18H20ClNO3. The molecule has 0 aromatic heterocycles. The number of halogens is 1. The van der Waals surface area contributed by atoms with Gasteiger partial charge >= 0.3 is 5.97 Å². The van der Waals surface area contributed by atoms with E-state index in [0.29, 0.717) is 6.42 Å². The smallest absolute Gasteiger partial charge is 0.327 e. The molecule has 0 aliphatic rings. The maximum Gasteiger partial charge on any atom is 0.327 e. The van der Waals surface area contributed by atoms with Crippen LogP contribution in [0.5, 0.6) is 0 Å². The Morgan fingerprint density at radius 2 is 1.57 bits per heavy atom. The quantitative estimate of drug-likeness (QED) is 0.602. The van der Waals surface area contributed by atoms with E-state index < -0.39 is 23.5 Å². The van der Waals surface area contributed by atoms with Crippen LogP contribution < -0.4 is 5.73 Å². The lowest BCUT2D eigenvalue weighted by molar-refractivity contribution is -0.146. The Labute approximate surface area is 140 Å². The molecule has 3 N–H and O–H groups in total. The van der Waals surface area contributed by atoms with E-state index in [9.17, 15) is 9.90 Å². The Bertz CT molecular complexity index is 606. The highest BCUT2D eigenvalue weighted by atomic mass is 35.5. The Balaban J connectivity index is 1.85. The standard InChI is InChI=1S/C18H20ClNO3/c19-16(18(22)23-12-14-9-5-2-6-10-14)17(21)15(20)11-13-7-3-1-4-8-13/h1-10,15-17,21H,11-12,20H2/t15-,16?,17-/m0/s1. The van der Waals surface area contributed by atoms with E-state index in [1.807, 2.05) is 60.7 Å². The van der Waals surface area contributed by atoms with Crippen molar-refractivity contribution in [2.75, 3.05) is 0 Å². The van der Waals surface area contributed by atoms with E-state index in [1.54, 1.807) is 0 Å². The van der Waals surface area contributed by atoms with Crippen LogP contribution in [0.25, 0.3) is 0 Å². The molecule has 0 radical (unpaired) electrons. The van der Waals surface area contributed by atoms with Crippen molar-refractivity contribution in [3.63, 3.8) is 0 Å². The molecule has 23 heavy (non-hydrogen) atoms. The van der Waals surface area contributed by atoms with Gasteiger partial charge in [-0.15, -0.1) is 11.6 Å². The first-order chi connectivity index (χ1) is 11.1.